The SMILES string of the molecule is CCC(C)C1C(=O)NC(CC)(CC)C(=O)N1CCOC. The zero-order valence-corrected chi connectivity index (χ0v) is 13.4. The number of methoxy groups -OCH3 is 1. The highest BCUT2D eigenvalue weighted by atomic mass is 16.5. The maximum Gasteiger partial charge on any atom is 0.249 e. The topological polar surface area (TPSA) is 58.6 Å². The molecule has 2 amide bonds. The molecule has 1 rings (SSSR count). The molecule has 1 aliphatic rings. The number of nitrogens with zero attached hydrogens (tertiary/aromatic N) is 1. The highest BCUT2D eigenvalue weighted by Gasteiger charge is 2.49. The van der Waals surface area contributed by atoms with Crippen LogP contribution in [0.15, 0.2) is 0 Å². The van der Waals surface area contributed by atoms with Gasteiger partial charge in [0, 0.05) is 13.7 Å². The molecule has 1 N–H and O–H groups in total. The predicted molar refractivity (Wildman–Crippen MR) is 78.3 cm³/mol. The van der Waals surface area contributed by atoms with Gasteiger partial charge in [0.25, 0.3) is 0 Å². The Morgan fingerprint density at radius 1 is 1.30 bits per heavy atom. The molecule has 0 aromatic heterocycles. The third kappa shape index (κ3) is 2.97. The molecule has 5 nitrogen and oxygen atoms in total. The minimum atomic E-state index is -0.741. The van der Waals surface area contributed by atoms with Crippen molar-refractivity contribution in [3.05, 3.63) is 0 Å². The smallest absolute Gasteiger partial charge is 0.249 e. The van der Waals surface area contributed by atoms with Crippen LogP contribution in [0.25, 0.3) is 0 Å². The normalized spacial score (nSPS) is 23.6. The zero-order valence-electron chi connectivity index (χ0n) is 13.4. The fourth-order valence-electron chi connectivity index (χ4n) is 2.85. The van der Waals surface area contributed by atoms with Gasteiger partial charge in [0.15, 0.2) is 0 Å². The first-order valence-corrected chi connectivity index (χ1v) is 7.59. The Kier molecular flexibility index (Phi) is 5.99. The number of carbonyl (C=O) groups excluding carboxylic acids is 2. The molecule has 1 fully saturated rings. The molecule has 0 aliphatic carbocycles. The molecule has 0 radical (unpaired) electrons. The fraction of sp³-hybridized carbons (Fsp3) is 0.867. The summed E-state index contributed by atoms with van der Waals surface area (Å²) in [6.45, 7) is 8.87. The Bertz CT molecular complexity index is 353. The molecule has 0 saturated carbocycles. The average Bonchev–Trinajstić information content (AvgIpc) is 2.46. The molecule has 5 heteroatoms. The largest absolute Gasteiger partial charge is 0.383 e. The third-order valence-corrected chi connectivity index (χ3v) is 4.56. The van der Waals surface area contributed by atoms with Crippen LogP contribution in [-0.2, 0) is 14.3 Å². The second-order valence-electron chi connectivity index (χ2n) is 5.60. The van der Waals surface area contributed by atoms with E-state index in [1.165, 1.54) is 0 Å². The lowest BCUT2D eigenvalue weighted by Crippen LogP contribution is -2.71. The van der Waals surface area contributed by atoms with Crippen molar-refractivity contribution in [3.63, 3.8) is 0 Å². The van der Waals surface area contributed by atoms with Gasteiger partial charge in [-0.25, -0.2) is 0 Å². The highest BCUT2D eigenvalue weighted by molar-refractivity contribution is 6.00. The Morgan fingerprint density at radius 3 is 2.35 bits per heavy atom. The molecule has 0 aromatic carbocycles. The van der Waals surface area contributed by atoms with Crippen molar-refractivity contribution in [3.8, 4) is 0 Å². The molecular formula is C15H28N2O3. The molecule has 116 valence electrons. The van der Waals surface area contributed by atoms with E-state index in [1.54, 1.807) is 12.0 Å². The van der Waals surface area contributed by atoms with Crippen molar-refractivity contribution in [2.45, 2.75) is 58.5 Å². The van der Waals surface area contributed by atoms with E-state index in [9.17, 15) is 9.59 Å². The van der Waals surface area contributed by atoms with Gasteiger partial charge < -0.3 is 15.0 Å². The zero-order chi connectivity index (χ0) is 15.3. The minimum Gasteiger partial charge on any atom is -0.383 e. The second-order valence-corrected chi connectivity index (χ2v) is 5.60. The van der Waals surface area contributed by atoms with Gasteiger partial charge in [0.2, 0.25) is 11.8 Å². The molecule has 0 spiro atoms. The van der Waals surface area contributed by atoms with Gasteiger partial charge >= 0.3 is 0 Å². The Morgan fingerprint density at radius 2 is 1.90 bits per heavy atom. The van der Waals surface area contributed by atoms with E-state index in [0.717, 1.165) is 6.42 Å². The first-order chi connectivity index (χ1) is 9.47. The Balaban J connectivity index is 3.10. The maximum absolute atomic E-state index is 12.8. The van der Waals surface area contributed by atoms with Gasteiger partial charge in [-0.1, -0.05) is 34.1 Å². The van der Waals surface area contributed by atoms with Crippen LogP contribution in [0, 0.1) is 5.92 Å². The Hall–Kier alpha value is -1.10. The van der Waals surface area contributed by atoms with E-state index in [0.29, 0.717) is 26.0 Å². The van der Waals surface area contributed by atoms with Crippen molar-refractivity contribution < 1.29 is 14.3 Å². The summed E-state index contributed by atoms with van der Waals surface area (Å²) in [5.41, 5.74) is -0.741. The van der Waals surface area contributed by atoms with Crippen molar-refractivity contribution in [1.29, 1.82) is 0 Å². The standard InChI is InChI=1S/C15H28N2O3/c1-6-11(4)12-13(18)16-15(7-2,8-3)14(19)17(12)9-10-20-5/h11-12H,6-10H2,1-5H3,(H,16,18). The van der Waals surface area contributed by atoms with E-state index >= 15 is 0 Å². The second kappa shape index (κ2) is 7.07. The summed E-state index contributed by atoms with van der Waals surface area (Å²) < 4.78 is 5.10. The quantitative estimate of drug-likeness (QED) is 0.772. The van der Waals surface area contributed by atoms with Crippen molar-refractivity contribution >= 4 is 11.8 Å². The number of ether oxygens (including phenoxy) is 1. The van der Waals surface area contributed by atoms with Gasteiger partial charge in [-0.3, -0.25) is 9.59 Å². The number of carbonyl (C=O) groups is 2. The lowest BCUT2D eigenvalue weighted by molar-refractivity contribution is -0.158. The first-order valence-electron chi connectivity index (χ1n) is 7.59. The molecule has 1 heterocycles. The van der Waals surface area contributed by atoms with Gasteiger partial charge in [-0.2, -0.15) is 0 Å². The summed E-state index contributed by atoms with van der Waals surface area (Å²) in [7, 11) is 1.61. The molecule has 1 saturated heterocycles. The molecule has 0 aromatic rings. The van der Waals surface area contributed by atoms with Crippen molar-refractivity contribution in [2.24, 2.45) is 5.92 Å². The minimum absolute atomic E-state index is 0.0289. The van der Waals surface area contributed by atoms with E-state index < -0.39 is 5.54 Å². The molecule has 1 aliphatic heterocycles. The molecular weight excluding hydrogens is 256 g/mol. The molecule has 0 bridgehead atoms. The number of amides is 2. The van der Waals surface area contributed by atoms with Crippen LogP contribution < -0.4 is 5.32 Å². The Labute approximate surface area is 122 Å². The highest BCUT2D eigenvalue weighted by Crippen LogP contribution is 2.28. The van der Waals surface area contributed by atoms with Crippen LogP contribution in [0.2, 0.25) is 0 Å². The first kappa shape index (κ1) is 17.0. The lowest BCUT2D eigenvalue weighted by atomic mass is 9.84. The third-order valence-electron chi connectivity index (χ3n) is 4.56. The van der Waals surface area contributed by atoms with Crippen molar-refractivity contribution in [2.75, 3.05) is 20.3 Å². The number of rotatable bonds is 7. The summed E-state index contributed by atoms with van der Waals surface area (Å²) in [4.78, 5) is 27.1. The van der Waals surface area contributed by atoms with Crippen LogP contribution in [0.5, 0.6) is 0 Å². The summed E-state index contributed by atoms with van der Waals surface area (Å²) in [5.74, 6) is 0.144. The van der Waals surface area contributed by atoms with E-state index in [2.05, 4.69) is 5.32 Å². The van der Waals surface area contributed by atoms with Crippen LogP contribution in [0.3, 0.4) is 0 Å². The molecule has 2 unspecified atom stereocenters. The van der Waals surface area contributed by atoms with Crippen LogP contribution >= 0.6 is 0 Å². The number of piperazine rings is 1. The fourth-order valence-corrected chi connectivity index (χ4v) is 2.85. The van der Waals surface area contributed by atoms with Gasteiger partial charge in [0.1, 0.15) is 11.6 Å². The van der Waals surface area contributed by atoms with Gasteiger partial charge in [-0.15, -0.1) is 0 Å². The number of hydrogen-bond acceptors (Lipinski definition) is 3. The number of hydrogen-bond donors (Lipinski definition) is 1. The number of nitrogens with one attached hydrogen (secondary N) is 1. The van der Waals surface area contributed by atoms with E-state index in [1.807, 2.05) is 27.7 Å². The average molecular weight is 284 g/mol. The maximum atomic E-state index is 12.8. The van der Waals surface area contributed by atoms with E-state index in [4.69, 9.17) is 4.74 Å². The summed E-state index contributed by atoms with van der Waals surface area (Å²) in [6.07, 6.45) is 2.09. The van der Waals surface area contributed by atoms with Crippen LogP contribution in [0.4, 0.5) is 0 Å². The molecule has 20 heavy (non-hydrogen) atoms. The lowest BCUT2D eigenvalue weighted by Gasteiger charge is -2.47. The monoisotopic (exact) mass is 284 g/mol. The van der Waals surface area contributed by atoms with Gasteiger partial charge in [0.05, 0.1) is 6.61 Å². The summed E-state index contributed by atoms with van der Waals surface area (Å²) in [5, 5.41) is 2.98. The van der Waals surface area contributed by atoms with Crippen LogP contribution in [-0.4, -0.2) is 48.6 Å². The summed E-state index contributed by atoms with van der Waals surface area (Å²) in [6, 6.07) is -0.381. The predicted octanol–water partition coefficient (Wildman–Crippen LogP) is 1.56. The van der Waals surface area contributed by atoms with E-state index in [-0.39, 0.29) is 23.8 Å². The summed E-state index contributed by atoms with van der Waals surface area (Å²) >= 11 is 0. The van der Waals surface area contributed by atoms with Crippen LogP contribution in [0.1, 0.15) is 47.0 Å². The van der Waals surface area contributed by atoms with Gasteiger partial charge in [-0.05, 0) is 18.8 Å². The molecule has 2 atom stereocenters. The van der Waals surface area contributed by atoms with Crippen molar-refractivity contribution in [1.82, 2.24) is 10.2 Å².